The Morgan fingerprint density at radius 2 is 1.96 bits per heavy atom. The number of nitrogens with one attached hydrogen (secondary N) is 1. The maximum Gasteiger partial charge on any atom is 0.255 e. The third kappa shape index (κ3) is 3.60. The van der Waals surface area contributed by atoms with Crippen LogP contribution in [0.4, 0.5) is 0 Å². The van der Waals surface area contributed by atoms with Crippen LogP contribution in [0.15, 0.2) is 60.9 Å². The number of aromatic nitrogens is 3. The third-order valence-corrected chi connectivity index (χ3v) is 3.55. The zero-order valence-electron chi connectivity index (χ0n) is 13.3. The van der Waals surface area contributed by atoms with Gasteiger partial charge in [0.2, 0.25) is 0 Å². The number of hydrogen-bond donors (Lipinski definition) is 1. The number of amides is 1. The largest absolute Gasteiger partial charge is 0.496 e. The number of carbonyl (C=O) groups excluding carboxylic acids is 1. The van der Waals surface area contributed by atoms with E-state index in [1.807, 2.05) is 42.6 Å². The average Bonchev–Trinajstić information content (AvgIpc) is 3.11. The van der Waals surface area contributed by atoms with Gasteiger partial charge in [-0.15, -0.1) is 0 Å². The van der Waals surface area contributed by atoms with Crippen LogP contribution in [-0.4, -0.2) is 34.3 Å². The van der Waals surface area contributed by atoms with Gasteiger partial charge in [-0.3, -0.25) is 14.5 Å². The van der Waals surface area contributed by atoms with Crippen molar-refractivity contribution >= 4 is 5.91 Å². The van der Waals surface area contributed by atoms with Crippen molar-refractivity contribution in [2.45, 2.75) is 6.54 Å². The fourth-order valence-electron chi connectivity index (χ4n) is 2.35. The van der Waals surface area contributed by atoms with Crippen LogP contribution in [0.5, 0.6) is 5.75 Å². The molecule has 0 unspecified atom stereocenters. The maximum absolute atomic E-state index is 12.2. The summed E-state index contributed by atoms with van der Waals surface area (Å²) in [5.41, 5.74) is 2.16. The predicted molar refractivity (Wildman–Crippen MR) is 90.8 cm³/mol. The van der Waals surface area contributed by atoms with Gasteiger partial charge < -0.3 is 10.1 Å². The Labute approximate surface area is 140 Å². The van der Waals surface area contributed by atoms with E-state index in [0.29, 0.717) is 24.4 Å². The van der Waals surface area contributed by atoms with Gasteiger partial charge in [-0.1, -0.05) is 18.2 Å². The molecular weight excluding hydrogens is 304 g/mol. The average molecular weight is 322 g/mol. The Morgan fingerprint density at radius 3 is 2.75 bits per heavy atom. The highest BCUT2D eigenvalue weighted by Crippen LogP contribution is 2.16. The highest BCUT2D eigenvalue weighted by atomic mass is 16.5. The molecule has 0 bridgehead atoms. The molecule has 6 nitrogen and oxygen atoms in total. The summed E-state index contributed by atoms with van der Waals surface area (Å²) in [4.78, 5) is 16.5. The predicted octanol–water partition coefficient (Wildman–Crippen LogP) is 2.38. The molecule has 6 heteroatoms. The molecule has 1 aromatic carbocycles. The summed E-state index contributed by atoms with van der Waals surface area (Å²) in [7, 11) is 1.55. The Hall–Kier alpha value is -3.15. The number of carbonyl (C=O) groups is 1. The first-order chi connectivity index (χ1) is 11.8. The number of hydrogen-bond acceptors (Lipinski definition) is 4. The van der Waals surface area contributed by atoms with Crippen LogP contribution in [-0.2, 0) is 6.54 Å². The summed E-state index contributed by atoms with van der Waals surface area (Å²) >= 11 is 0. The minimum Gasteiger partial charge on any atom is -0.496 e. The normalized spacial score (nSPS) is 10.4. The molecule has 0 spiro atoms. The van der Waals surface area contributed by atoms with Gasteiger partial charge in [-0.25, -0.2) is 0 Å². The molecule has 2 aromatic heterocycles. The molecule has 0 radical (unpaired) electrons. The fourth-order valence-corrected chi connectivity index (χ4v) is 2.35. The molecule has 0 aliphatic carbocycles. The van der Waals surface area contributed by atoms with Gasteiger partial charge >= 0.3 is 0 Å². The van der Waals surface area contributed by atoms with Crippen LogP contribution in [0.1, 0.15) is 10.4 Å². The van der Waals surface area contributed by atoms with Crippen molar-refractivity contribution in [3.8, 4) is 17.1 Å². The third-order valence-electron chi connectivity index (χ3n) is 3.55. The lowest BCUT2D eigenvalue weighted by atomic mass is 10.2. The van der Waals surface area contributed by atoms with Crippen molar-refractivity contribution in [1.82, 2.24) is 20.1 Å². The van der Waals surface area contributed by atoms with Crippen molar-refractivity contribution in [2.24, 2.45) is 0 Å². The summed E-state index contributed by atoms with van der Waals surface area (Å²) < 4.78 is 6.98. The molecule has 0 aliphatic rings. The molecule has 3 aromatic rings. The summed E-state index contributed by atoms with van der Waals surface area (Å²) in [6.45, 7) is 1.05. The molecule has 0 saturated carbocycles. The van der Waals surface area contributed by atoms with Gasteiger partial charge in [0.05, 0.1) is 24.9 Å². The second-order valence-corrected chi connectivity index (χ2v) is 5.14. The standard InChI is InChI=1S/C18H18N4O2/c1-24-17-8-3-2-6-14(17)18(23)20-11-13-22-12-9-16(21-22)15-7-4-5-10-19-15/h2-10,12H,11,13H2,1H3,(H,20,23). The number of pyridine rings is 1. The molecule has 0 aliphatic heterocycles. The summed E-state index contributed by atoms with van der Waals surface area (Å²) in [6, 6.07) is 14.8. The molecule has 3 rings (SSSR count). The molecule has 122 valence electrons. The van der Waals surface area contributed by atoms with E-state index in [0.717, 1.165) is 11.4 Å². The number of para-hydroxylation sites is 1. The summed E-state index contributed by atoms with van der Waals surface area (Å²) in [5, 5.41) is 7.34. The number of ether oxygens (including phenoxy) is 1. The van der Waals surface area contributed by atoms with Gasteiger partial charge in [-0.2, -0.15) is 5.10 Å². The SMILES string of the molecule is COc1ccccc1C(=O)NCCn1ccc(-c2ccccn2)n1. The lowest BCUT2D eigenvalue weighted by molar-refractivity contribution is 0.0949. The Kier molecular flexibility index (Phi) is 4.86. The van der Waals surface area contributed by atoms with E-state index in [2.05, 4.69) is 15.4 Å². The molecule has 0 atom stereocenters. The van der Waals surface area contributed by atoms with E-state index in [1.165, 1.54) is 0 Å². The highest BCUT2D eigenvalue weighted by Gasteiger charge is 2.10. The van der Waals surface area contributed by atoms with E-state index < -0.39 is 0 Å². The van der Waals surface area contributed by atoms with E-state index in [9.17, 15) is 4.79 Å². The Bertz CT molecular complexity index is 815. The van der Waals surface area contributed by atoms with Gasteiger partial charge in [0.1, 0.15) is 11.4 Å². The molecule has 24 heavy (non-hydrogen) atoms. The summed E-state index contributed by atoms with van der Waals surface area (Å²) in [5.74, 6) is 0.399. The molecule has 1 N–H and O–H groups in total. The molecular formula is C18H18N4O2. The molecule has 2 heterocycles. The van der Waals surface area contributed by atoms with E-state index in [4.69, 9.17) is 4.74 Å². The minimum absolute atomic E-state index is 0.162. The van der Waals surface area contributed by atoms with Crippen LogP contribution in [0.3, 0.4) is 0 Å². The van der Waals surface area contributed by atoms with Crippen molar-refractivity contribution < 1.29 is 9.53 Å². The topological polar surface area (TPSA) is 69.0 Å². The number of nitrogens with zero attached hydrogens (tertiary/aromatic N) is 3. The van der Waals surface area contributed by atoms with Gasteiger partial charge in [0, 0.05) is 18.9 Å². The van der Waals surface area contributed by atoms with Crippen LogP contribution >= 0.6 is 0 Å². The van der Waals surface area contributed by atoms with Crippen molar-refractivity contribution in [3.05, 3.63) is 66.5 Å². The maximum atomic E-state index is 12.2. The summed E-state index contributed by atoms with van der Waals surface area (Å²) in [6.07, 6.45) is 3.61. The first-order valence-corrected chi connectivity index (χ1v) is 7.64. The van der Waals surface area contributed by atoms with E-state index >= 15 is 0 Å². The monoisotopic (exact) mass is 322 g/mol. The Balaban J connectivity index is 1.57. The quantitative estimate of drug-likeness (QED) is 0.756. The van der Waals surface area contributed by atoms with Crippen LogP contribution in [0, 0.1) is 0 Å². The minimum atomic E-state index is -0.162. The van der Waals surface area contributed by atoms with Crippen molar-refractivity contribution in [2.75, 3.05) is 13.7 Å². The second-order valence-electron chi connectivity index (χ2n) is 5.14. The number of benzene rings is 1. The van der Waals surface area contributed by atoms with E-state index in [1.54, 1.807) is 30.1 Å². The zero-order chi connectivity index (χ0) is 16.8. The first kappa shape index (κ1) is 15.7. The smallest absolute Gasteiger partial charge is 0.255 e. The van der Waals surface area contributed by atoms with Gasteiger partial charge in [0.25, 0.3) is 5.91 Å². The highest BCUT2D eigenvalue weighted by molar-refractivity contribution is 5.96. The lowest BCUT2D eigenvalue weighted by Gasteiger charge is -2.09. The van der Waals surface area contributed by atoms with Crippen LogP contribution in [0.2, 0.25) is 0 Å². The van der Waals surface area contributed by atoms with Crippen LogP contribution in [0.25, 0.3) is 11.4 Å². The molecule has 0 fully saturated rings. The van der Waals surface area contributed by atoms with Crippen LogP contribution < -0.4 is 10.1 Å². The van der Waals surface area contributed by atoms with Crippen molar-refractivity contribution in [1.29, 1.82) is 0 Å². The lowest BCUT2D eigenvalue weighted by Crippen LogP contribution is -2.27. The van der Waals surface area contributed by atoms with Crippen molar-refractivity contribution in [3.63, 3.8) is 0 Å². The molecule has 0 saturated heterocycles. The zero-order valence-corrected chi connectivity index (χ0v) is 13.3. The fraction of sp³-hybridized carbons (Fsp3) is 0.167. The van der Waals surface area contributed by atoms with E-state index in [-0.39, 0.29) is 5.91 Å². The first-order valence-electron chi connectivity index (χ1n) is 7.64. The molecule has 1 amide bonds. The Morgan fingerprint density at radius 1 is 1.12 bits per heavy atom. The van der Waals surface area contributed by atoms with Gasteiger partial charge in [0.15, 0.2) is 0 Å². The number of rotatable bonds is 6. The number of methoxy groups -OCH3 is 1. The van der Waals surface area contributed by atoms with Gasteiger partial charge in [-0.05, 0) is 30.3 Å². The second kappa shape index (κ2) is 7.41.